The Morgan fingerprint density at radius 1 is 1.08 bits per heavy atom. The van der Waals surface area contributed by atoms with Crippen LogP contribution in [0.2, 0.25) is 0 Å². The molecule has 0 aromatic rings. The normalized spacial score (nSPS) is 40.9. The predicted molar refractivity (Wildman–Crippen MR) is 85.3 cm³/mol. The summed E-state index contributed by atoms with van der Waals surface area (Å²) in [5.74, 6) is -0.200. The van der Waals surface area contributed by atoms with Crippen molar-refractivity contribution in [2.24, 2.45) is 11.8 Å². The molecule has 0 aliphatic heterocycles. The number of carbonyl (C=O) groups excluding carboxylic acids is 2. The van der Waals surface area contributed by atoms with E-state index in [1.54, 1.807) is 6.92 Å². The van der Waals surface area contributed by atoms with Gasteiger partial charge in [-0.05, 0) is 38.5 Å². The third-order valence-electron chi connectivity index (χ3n) is 5.83. The molecule has 0 saturated heterocycles. The molecule has 0 heterocycles. The summed E-state index contributed by atoms with van der Waals surface area (Å²) in [7, 11) is 0. The van der Waals surface area contributed by atoms with Gasteiger partial charge in [-0.3, -0.25) is 4.79 Å². The van der Waals surface area contributed by atoms with E-state index in [-0.39, 0.29) is 24.4 Å². The van der Waals surface area contributed by atoms with Crippen LogP contribution >= 0.6 is 0 Å². The van der Waals surface area contributed by atoms with Gasteiger partial charge in [0.1, 0.15) is 11.2 Å². The second-order valence-electron chi connectivity index (χ2n) is 8.11. The first kappa shape index (κ1) is 17.5. The molecule has 0 radical (unpaired) electrons. The molecule has 0 spiro atoms. The molecule has 4 fully saturated rings. The first-order valence-electron chi connectivity index (χ1n) is 9.04. The minimum absolute atomic E-state index is 0.172. The Labute approximate surface area is 142 Å². The predicted octanol–water partition coefficient (Wildman–Crippen LogP) is 2.96. The van der Waals surface area contributed by atoms with Crippen LogP contribution in [0.3, 0.4) is 0 Å². The van der Waals surface area contributed by atoms with E-state index in [4.69, 9.17) is 14.2 Å². The number of rotatable bonds is 5. The molecule has 4 aliphatic rings. The van der Waals surface area contributed by atoms with Gasteiger partial charge in [-0.15, -0.1) is 0 Å². The number of hydrogen-bond acceptors (Lipinski definition) is 6. The smallest absolute Gasteiger partial charge is 0.459 e. The van der Waals surface area contributed by atoms with Gasteiger partial charge in [-0.1, -0.05) is 13.8 Å². The number of ether oxygens (including phenoxy) is 3. The van der Waals surface area contributed by atoms with Gasteiger partial charge in [0.2, 0.25) is 0 Å². The summed E-state index contributed by atoms with van der Waals surface area (Å²) in [6, 6.07) is 0. The van der Waals surface area contributed by atoms with Crippen LogP contribution in [0.1, 0.15) is 65.7 Å². The first-order chi connectivity index (χ1) is 11.2. The molecule has 4 rings (SSSR count). The molecular weight excluding hydrogens is 312 g/mol. The van der Waals surface area contributed by atoms with Gasteiger partial charge < -0.3 is 19.3 Å². The van der Waals surface area contributed by atoms with Gasteiger partial charge in [0.15, 0.2) is 0 Å². The summed E-state index contributed by atoms with van der Waals surface area (Å²) >= 11 is 0. The zero-order valence-corrected chi connectivity index (χ0v) is 14.8. The van der Waals surface area contributed by atoms with Crippen molar-refractivity contribution in [2.45, 2.75) is 82.5 Å². The molecule has 0 amide bonds. The molecule has 5 unspecified atom stereocenters. The van der Waals surface area contributed by atoms with Crippen LogP contribution in [0.4, 0.5) is 4.79 Å². The van der Waals surface area contributed by atoms with Crippen LogP contribution in [-0.4, -0.2) is 40.6 Å². The van der Waals surface area contributed by atoms with Crippen molar-refractivity contribution in [1.29, 1.82) is 0 Å². The maximum atomic E-state index is 12.4. The standard InChI is InChI=1S/C18H28O6/c1-4-12(3)14(19)23-17-7-13-6-16(21,9-17)10-18(8-13,11-17)24-15(20)22-5-2/h12-13,21H,4-11H2,1-3H3. The lowest BCUT2D eigenvalue weighted by Gasteiger charge is -2.62. The Kier molecular flexibility index (Phi) is 4.31. The Balaban J connectivity index is 1.82. The average Bonchev–Trinajstić information content (AvgIpc) is 2.42. The monoisotopic (exact) mass is 340 g/mol. The lowest BCUT2D eigenvalue weighted by atomic mass is 9.50. The van der Waals surface area contributed by atoms with Gasteiger partial charge in [0, 0.05) is 19.3 Å². The van der Waals surface area contributed by atoms with E-state index in [1.807, 2.05) is 13.8 Å². The zero-order chi connectivity index (χ0) is 17.6. The summed E-state index contributed by atoms with van der Waals surface area (Å²) in [5.41, 5.74) is -2.43. The lowest BCUT2D eigenvalue weighted by Crippen LogP contribution is -2.68. The lowest BCUT2D eigenvalue weighted by molar-refractivity contribution is -0.264. The van der Waals surface area contributed by atoms with E-state index in [2.05, 4.69) is 0 Å². The molecule has 6 nitrogen and oxygen atoms in total. The maximum absolute atomic E-state index is 12.4. The zero-order valence-electron chi connectivity index (χ0n) is 14.8. The van der Waals surface area contributed by atoms with Gasteiger partial charge >= 0.3 is 12.1 Å². The fourth-order valence-corrected chi connectivity index (χ4v) is 5.25. The van der Waals surface area contributed by atoms with Gasteiger partial charge in [-0.2, -0.15) is 0 Å². The van der Waals surface area contributed by atoms with Crippen molar-refractivity contribution < 1.29 is 28.9 Å². The fraction of sp³-hybridized carbons (Fsp3) is 0.889. The molecule has 0 aromatic heterocycles. The van der Waals surface area contributed by atoms with Gasteiger partial charge in [0.25, 0.3) is 0 Å². The largest absolute Gasteiger partial charge is 0.508 e. The van der Waals surface area contributed by atoms with Crippen molar-refractivity contribution >= 4 is 12.1 Å². The third kappa shape index (κ3) is 3.13. The SMILES string of the molecule is CCOC(=O)OC12CC3CC(O)(C1)CC(OC(=O)C(C)CC)(C3)C2. The summed E-state index contributed by atoms with van der Waals surface area (Å²) in [4.78, 5) is 24.2. The van der Waals surface area contributed by atoms with Gasteiger partial charge in [0.05, 0.1) is 18.1 Å². The van der Waals surface area contributed by atoms with Crippen LogP contribution in [-0.2, 0) is 19.0 Å². The van der Waals surface area contributed by atoms with Gasteiger partial charge in [-0.25, -0.2) is 4.79 Å². The summed E-state index contributed by atoms with van der Waals surface area (Å²) in [6.07, 6.45) is 3.44. The maximum Gasteiger partial charge on any atom is 0.508 e. The quantitative estimate of drug-likeness (QED) is 0.775. The van der Waals surface area contributed by atoms with Crippen molar-refractivity contribution in [3.8, 4) is 0 Å². The summed E-state index contributed by atoms with van der Waals surface area (Å²) < 4.78 is 16.5. The second kappa shape index (κ2) is 5.90. The average molecular weight is 340 g/mol. The molecule has 136 valence electrons. The number of hydrogen-bond donors (Lipinski definition) is 1. The van der Waals surface area contributed by atoms with Crippen LogP contribution in [0.25, 0.3) is 0 Å². The minimum Gasteiger partial charge on any atom is -0.459 e. The molecule has 5 atom stereocenters. The third-order valence-corrected chi connectivity index (χ3v) is 5.83. The van der Waals surface area contributed by atoms with Crippen molar-refractivity contribution in [2.75, 3.05) is 6.61 Å². The topological polar surface area (TPSA) is 82.1 Å². The molecule has 4 bridgehead atoms. The first-order valence-corrected chi connectivity index (χ1v) is 9.04. The van der Waals surface area contributed by atoms with E-state index in [0.717, 1.165) is 6.42 Å². The van der Waals surface area contributed by atoms with E-state index in [9.17, 15) is 14.7 Å². The highest BCUT2D eigenvalue weighted by Gasteiger charge is 2.66. The Bertz CT molecular complexity index is 534. The highest BCUT2D eigenvalue weighted by Crippen LogP contribution is 2.61. The van der Waals surface area contributed by atoms with E-state index in [0.29, 0.717) is 38.5 Å². The Morgan fingerprint density at radius 2 is 1.71 bits per heavy atom. The van der Waals surface area contributed by atoms with E-state index >= 15 is 0 Å². The van der Waals surface area contributed by atoms with Crippen molar-refractivity contribution in [3.05, 3.63) is 0 Å². The summed E-state index contributed by atoms with van der Waals surface area (Å²) in [6.45, 7) is 5.77. The van der Waals surface area contributed by atoms with Crippen molar-refractivity contribution in [3.63, 3.8) is 0 Å². The molecule has 1 N–H and O–H groups in total. The van der Waals surface area contributed by atoms with Crippen LogP contribution in [0.15, 0.2) is 0 Å². The molecule has 4 saturated carbocycles. The highest BCUT2D eigenvalue weighted by molar-refractivity contribution is 5.72. The Hall–Kier alpha value is -1.30. The fourth-order valence-electron chi connectivity index (χ4n) is 5.25. The molecule has 6 heteroatoms. The van der Waals surface area contributed by atoms with E-state index < -0.39 is 23.0 Å². The summed E-state index contributed by atoms with van der Waals surface area (Å²) in [5, 5.41) is 11.0. The molecular formula is C18H28O6. The van der Waals surface area contributed by atoms with Crippen LogP contribution in [0, 0.1) is 11.8 Å². The van der Waals surface area contributed by atoms with E-state index in [1.165, 1.54) is 0 Å². The number of esters is 1. The van der Waals surface area contributed by atoms with Crippen molar-refractivity contribution in [1.82, 2.24) is 0 Å². The Morgan fingerprint density at radius 3 is 2.25 bits per heavy atom. The molecule has 4 aliphatic carbocycles. The molecule has 0 aromatic carbocycles. The highest BCUT2D eigenvalue weighted by atomic mass is 16.7. The minimum atomic E-state index is -0.929. The number of carbonyl (C=O) groups is 2. The number of aliphatic hydroxyl groups is 1. The van der Waals surface area contributed by atoms with Crippen LogP contribution in [0.5, 0.6) is 0 Å². The molecule has 24 heavy (non-hydrogen) atoms. The second-order valence-corrected chi connectivity index (χ2v) is 8.11. The van der Waals surface area contributed by atoms with Crippen LogP contribution < -0.4 is 0 Å².